The van der Waals surface area contributed by atoms with Gasteiger partial charge in [-0.3, -0.25) is 9.78 Å². The highest BCUT2D eigenvalue weighted by Gasteiger charge is 2.52. The normalized spacial score (nSPS) is 24.8. The second-order valence-corrected chi connectivity index (χ2v) is 9.04. The van der Waals surface area contributed by atoms with E-state index in [-0.39, 0.29) is 23.7 Å². The van der Waals surface area contributed by atoms with Crippen molar-refractivity contribution in [3.63, 3.8) is 0 Å². The van der Waals surface area contributed by atoms with E-state index in [9.17, 15) is 13.2 Å². The summed E-state index contributed by atoms with van der Waals surface area (Å²) in [5, 5.41) is 0. The van der Waals surface area contributed by atoms with Crippen molar-refractivity contribution in [3.05, 3.63) is 30.1 Å². The van der Waals surface area contributed by atoms with Crippen LogP contribution in [0.4, 0.5) is 0 Å². The zero-order valence-electron chi connectivity index (χ0n) is 15.8. The van der Waals surface area contributed by atoms with Crippen LogP contribution in [0.3, 0.4) is 0 Å². The Kier molecular flexibility index (Phi) is 6.46. The SMILES string of the molecule is CCS(=O)(=O)N1CCC(N2C(=O)[C@H](OCCOC)[C@@H]2c2ccncc2)CC1. The fraction of sp³-hybridized carbons (Fsp3) is 0.667. The average Bonchev–Trinajstić information content (AvgIpc) is 2.70. The predicted octanol–water partition coefficient (Wildman–Crippen LogP) is 0.811. The Morgan fingerprint density at radius 3 is 2.44 bits per heavy atom. The highest BCUT2D eigenvalue weighted by molar-refractivity contribution is 7.89. The lowest BCUT2D eigenvalue weighted by molar-refractivity contribution is -0.183. The number of likely N-dealkylation sites (tertiary alicyclic amines) is 1. The largest absolute Gasteiger partial charge is 0.382 e. The lowest BCUT2D eigenvalue weighted by Gasteiger charge is -2.52. The van der Waals surface area contributed by atoms with Gasteiger partial charge >= 0.3 is 0 Å². The maximum Gasteiger partial charge on any atom is 0.255 e. The monoisotopic (exact) mass is 397 g/mol. The quantitative estimate of drug-likeness (QED) is 0.476. The number of carbonyl (C=O) groups is 1. The van der Waals surface area contributed by atoms with Crippen LogP contribution >= 0.6 is 0 Å². The highest BCUT2D eigenvalue weighted by Crippen LogP contribution is 2.40. The van der Waals surface area contributed by atoms with Crippen molar-refractivity contribution in [2.24, 2.45) is 0 Å². The third-order valence-corrected chi connectivity index (χ3v) is 7.17. The molecule has 0 spiro atoms. The molecule has 0 aliphatic carbocycles. The Balaban J connectivity index is 1.71. The number of amides is 1. The van der Waals surface area contributed by atoms with Gasteiger partial charge in [0.1, 0.15) is 0 Å². The van der Waals surface area contributed by atoms with Crippen LogP contribution in [0, 0.1) is 0 Å². The Morgan fingerprint density at radius 2 is 1.85 bits per heavy atom. The Morgan fingerprint density at radius 1 is 1.19 bits per heavy atom. The minimum atomic E-state index is -3.18. The number of pyridine rings is 1. The van der Waals surface area contributed by atoms with Crippen LogP contribution in [0.2, 0.25) is 0 Å². The van der Waals surface area contributed by atoms with E-state index in [1.54, 1.807) is 26.4 Å². The predicted molar refractivity (Wildman–Crippen MR) is 99.5 cm³/mol. The van der Waals surface area contributed by atoms with Gasteiger partial charge in [0, 0.05) is 38.6 Å². The number of methoxy groups -OCH3 is 1. The van der Waals surface area contributed by atoms with Crippen molar-refractivity contribution in [2.75, 3.05) is 39.2 Å². The van der Waals surface area contributed by atoms with Crippen LogP contribution in [0.15, 0.2) is 24.5 Å². The molecule has 9 heteroatoms. The van der Waals surface area contributed by atoms with Crippen molar-refractivity contribution < 1.29 is 22.7 Å². The fourth-order valence-corrected chi connectivity index (χ4v) is 4.92. The molecule has 2 atom stereocenters. The molecule has 150 valence electrons. The summed E-state index contributed by atoms with van der Waals surface area (Å²) in [5.41, 5.74) is 0.982. The van der Waals surface area contributed by atoms with E-state index in [1.165, 1.54) is 4.31 Å². The van der Waals surface area contributed by atoms with E-state index >= 15 is 0 Å². The summed E-state index contributed by atoms with van der Waals surface area (Å²) < 4.78 is 36.5. The molecule has 3 rings (SSSR count). The molecule has 0 N–H and O–H groups in total. The van der Waals surface area contributed by atoms with Gasteiger partial charge in [0.05, 0.1) is 25.0 Å². The van der Waals surface area contributed by atoms with Crippen LogP contribution in [-0.4, -0.2) is 79.8 Å². The maximum atomic E-state index is 12.8. The van der Waals surface area contributed by atoms with Crippen LogP contribution in [-0.2, 0) is 24.3 Å². The van der Waals surface area contributed by atoms with E-state index in [2.05, 4.69) is 4.98 Å². The zero-order chi connectivity index (χ0) is 19.4. The van der Waals surface area contributed by atoms with Gasteiger partial charge in [0.25, 0.3) is 5.91 Å². The Bertz CT molecular complexity index is 735. The number of rotatable bonds is 8. The second kappa shape index (κ2) is 8.64. The van der Waals surface area contributed by atoms with Gasteiger partial charge in [-0.1, -0.05) is 0 Å². The van der Waals surface area contributed by atoms with Gasteiger partial charge in [0.15, 0.2) is 6.10 Å². The minimum Gasteiger partial charge on any atom is -0.382 e. The molecular weight excluding hydrogens is 370 g/mol. The zero-order valence-corrected chi connectivity index (χ0v) is 16.6. The van der Waals surface area contributed by atoms with Crippen molar-refractivity contribution in [2.45, 2.75) is 38.0 Å². The minimum absolute atomic E-state index is 0.0150. The Labute approximate surface area is 160 Å². The summed E-state index contributed by atoms with van der Waals surface area (Å²) in [4.78, 5) is 18.7. The van der Waals surface area contributed by atoms with Gasteiger partial charge in [-0.25, -0.2) is 12.7 Å². The van der Waals surface area contributed by atoms with Crippen LogP contribution in [0.5, 0.6) is 0 Å². The van der Waals surface area contributed by atoms with Crippen molar-refractivity contribution in [1.82, 2.24) is 14.2 Å². The topological polar surface area (TPSA) is 89.0 Å². The second-order valence-electron chi connectivity index (χ2n) is 6.79. The maximum absolute atomic E-state index is 12.8. The highest BCUT2D eigenvalue weighted by atomic mass is 32.2. The first-order chi connectivity index (χ1) is 13.0. The molecule has 2 aliphatic rings. The first kappa shape index (κ1) is 20.2. The van der Waals surface area contributed by atoms with Crippen LogP contribution in [0.25, 0.3) is 0 Å². The van der Waals surface area contributed by atoms with E-state index < -0.39 is 16.1 Å². The Hall–Kier alpha value is -1.55. The molecule has 0 bridgehead atoms. The first-order valence-electron chi connectivity index (χ1n) is 9.30. The molecule has 2 fully saturated rings. The van der Waals surface area contributed by atoms with Crippen LogP contribution < -0.4 is 0 Å². The molecule has 27 heavy (non-hydrogen) atoms. The standard InChI is InChI=1S/C18H27N3O5S/c1-3-27(23,24)20-10-6-15(7-11-20)21-16(14-4-8-19-9-5-14)17(18(21)22)26-13-12-25-2/h4-5,8-9,15-17H,3,6-7,10-13H2,1-2H3/t16-,17+/m0/s1. The number of carbonyl (C=O) groups excluding carboxylic acids is 1. The van der Waals surface area contributed by atoms with Gasteiger partial charge < -0.3 is 14.4 Å². The van der Waals surface area contributed by atoms with Gasteiger partial charge in [0.2, 0.25) is 10.0 Å². The lowest BCUT2D eigenvalue weighted by Crippen LogP contribution is -2.65. The molecule has 1 aromatic rings. The summed E-state index contributed by atoms with van der Waals surface area (Å²) in [6.45, 7) is 3.34. The van der Waals surface area contributed by atoms with Crippen molar-refractivity contribution >= 4 is 15.9 Å². The van der Waals surface area contributed by atoms with Gasteiger partial charge in [-0.05, 0) is 37.5 Å². The van der Waals surface area contributed by atoms with Crippen LogP contribution in [0.1, 0.15) is 31.4 Å². The molecule has 0 radical (unpaired) electrons. The number of aromatic nitrogens is 1. The third kappa shape index (κ3) is 4.16. The molecule has 2 saturated heterocycles. The molecule has 0 aromatic carbocycles. The smallest absolute Gasteiger partial charge is 0.255 e. The summed E-state index contributed by atoms with van der Waals surface area (Å²) >= 11 is 0. The van der Waals surface area contributed by atoms with Gasteiger partial charge in [-0.2, -0.15) is 0 Å². The molecule has 2 aliphatic heterocycles. The molecule has 8 nitrogen and oxygen atoms in total. The van der Waals surface area contributed by atoms with Gasteiger partial charge in [-0.15, -0.1) is 0 Å². The molecule has 3 heterocycles. The van der Waals surface area contributed by atoms with E-state index in [0.29, 0.717) is 39.1 Å². The summed E-state index contributed by atoms with van der Waals surface area (Å²) in [5.74, 6) is 0.0692. The fourth-order valence-electron chi connectivity index (χ4n) is 3.79. The number of ether oxygens (including phenoxy) is 2. The summed E-state index contributed by atoms with van der Waals surface area (Å²) in [6, 6.07) is 3.64. The summed E-state index contributed by atoms with van der Waals surface area (Å²) in [7, 11) is -1.59. The number of piperidine rings is 1. The summed E-state index contributed by atoms with van der Waals surface area (Å²) in [6.07, 6.45) is 4.16. The number of sulfonamides is 1. The molecule has 0 unspecified atom stereocenters. The lowest BCUT2D eigenvalue weighted by atomic mass is 9.87. The third-order valence-electron chi connectivity index (χ3n) is 5.29. The number of hydrogen-bond acceptors (Lipinski definition) is 6. The first-order valence-corrected chi connectivity index (χ1v) is 10.9. The van der Waals surface area contributed by atoms with E-state index in [1.807, 2.05) is 17.0 Å². The van der Waals surface area contributed by atoms with Crippen molar-refractivity contribution in [3.8, 4) is 0 Å². The van der Waals surface area contributed by atoms with E-state index in [4.69, 9.17) is 9.47 Å². The molecule has 1 amide bonds. The number of nitrogens with zero attached hydrogens (tertiary/aromatic N) is 3. The van der Waals surface area contributed by atoms with E-state index in [0.717, 1.165) is 5.56 Å². The van der Waals surface area contributed by atoms with Crippen molar-refractivity contribution in [1.29, 1.82) is 0 Å². The average molecular weight is 397 g/mol. The number of β-lactam (4-membered cyclic amide) rings is 1. The molecule has 1 aromatic heterocycles. The molecular formula is C18H27N3O5S. The number of hydrogen-bond donors (Lipinski definition) is 0. The molecule has 0 saturated carbocycles.